The second-order valence-corrected chi connectivity index (χ2v) is 2.46. The molecule has 2 rings (SSSR count). The molecule has 1 atom stereocenters. The normalized spacial score (nSPS) is 36.7. The number of hydrogen-bond donors (Lipinski definition) is 0. The Kier molecular flexibility index (Phi) is 1.41. The van der Waals surface area contributed by atoms with Crippen LogP contribution in [0.15, 0.2) is 0 Å². The Morgan fingerprint density at radius 2 is 2.33 bits per heavy atom. The van der Waals surface area contributed by atoms with E-state index in [0.717, 1.165) is 26.5 Å². The fourth-order valence-corrected chi connectivity index (χ4v) is 1.18. The minimum atomic E-state index is 0.382. The Bertz CT molecular complexity index is 95.2. The van der Waals surface area contributed by atoms with E-state index in [2.05, 4.69) is 4.90 Å². The Morgan fingerprint density at radius 3 is 3.11 bits per heavy atom. The summed E-state index contributed by atoms with van der Waals surface area (Å²) >= 11 is 0. The predicted molar refractivity (Wildman–Crippen MR) is 31.9 cm³/mol. The minimum Gasteiger partial charge on any atom is -0.364 e. The van der Waals surface area contributed by atoms with Crippen LogP contribution in [0.2, 0.25) is 0 Å². The van der Waals surface area contributed by atoms with Gasteiger partial charge in [0.2, 0.25) is 0 Å². The molecule has 0 aromatic rings. The molecule has 3 heteroatoms. The monoisotopic (exact) mass is 129 g/mol. The molecule has 0 aromatic carbocycles. The SMILES string of the molecule is C1COC2CCN2CO1. The first-order valence-corrected chi connectivity index (χ1v) is 3.40. The summed E-state index contributed by atoms with van der Waals surface area (Å²) in [6.07, 6.45) is 1.57. The van der Waals surface area contributed by atoms with Gasteiger partial charge in [-0.2, -0.15) is 0 Å². The van der Waals surface area contributed by atoms with Crippen LogP contribution in [0, 0.1) is 0 Å². The van der Waals surface area contributed by atoms with Crippen LogP contribution in [0.25, 0.3) is 0 Å². The van der Waals surface area contributed by atoms with E-state index in [1.807, 2.05) is 0 Å². The van der Waals surface area contributed by atoms with Crippen LogP contribution in [0.3, 0.4) is 0 Å². The largest absolute Gasteiger partial charge is 0.364 e. The highest BCUT2D eigenvalue weighted by Gasteiger charge is 2.29. The maximum absolute atomic E-state index is 5.40. The van der Waals surface area contributed by atoms with Crippen molar-refractivity contribution >= 4 is 0 Å². The van der Waals surface area contributed by atoms with Crippen LogP contribution >= 0.6 is 0 Å². The smallest absolute Gasteiger partial charge is 0.113 e. The van der Waals surface area contributed by atoms with Crippen molar-refractivity contribution < 1.29 is 9.47 Å². The zero-order valence-corrected chi connectivity index (χ0v) is 5.38. The number of nitrogens with zero attached hydrogens (tertiary/aromatic N) is 1. The van der Waals surface area contributed by atoms with E-state index >= 15 is 0 Å². The highest BCUT2D eigenvalue weighted by Crippen LogP contribution is 2.19. The molecule has 0 aliphatic carbocycles. The number of hydrogen-bond acceptors (Lipinski definition) is 3. The third-order valence-corrected chi connectivity index (χ3v) is 1.87. The summed E-state index contributed by atoms with van der Waals surface area (Å²) in [4.78, 5) is 2.20. The molecule has 0 radical (unpaired) electrons. The second-order valence-electron chi connectivity index (χ2n) is 2.46. The van der Waals surface area contributed by atoms with Gasteiger partial charge in [0.25, 0.3) is 0 Å². The molecule has 0 aromatic heterocycles. The lowest BCUT2D eigenvalue weighted by Gasteiger charge is -2.37. The fourth-order valence-electron chi connectivity index (χ4n) is 1.18. The zero-order valence-electron chi connectivity index (χ0n) is 5.38. The summed E-state index contributed by atoms with van der Waals surface area (Å²) in [5.41, 5.74) is 0. The lowest BCUT2D eigenvalue weighted by atomic mass is 10.2. The predicted octanol–water partition coefficient (Wildman–Crippen LogP) is 0.0225. The lowest BCUT2D eigenvalue weighted by molar-refractivity contribution is -0.119. The Balaban J connectivity index is 1.90. The van der Waals surface area contributed by atoms with Gasteiger partial charge in [-0.05, 0) is 0 Å². The van der Waals surface area contributed by atoms with Gasteiger partial charge in [0.15, 0.2) is 0 Å². The summed E-state index contributed by atoms with van der Waals surface area (Å²) in [6, 6.07) is 0. The molecular formula is C6H11NO2. The third-order valence-electron chi connectivity index (χ3n) is 1.87. The standard InChI is InChI=1S/C6H11NO2/c1-2-7-5-8-3-4-9-6(1)7/h6H,1-5H2. The molecule has 52 valence electrons. The van der Waals surface area contributed by atoms with Crippen molar-refractivity contribution in [2.45, 2.75) is 12.6 Å². The molecule has 2 saturated heterocycles. The molecule has 0 bridgehead atoms. The highest BCUT2D eigenvalue weighted by molar-refractivity contribution is 4.73. The summed E-state index contributed by atoms with van der Waals surface area (Å²) in [6.45, 7) is 3.43. The van der Waals surface area contributed by atoms with Crippen LogP contribution in [0.4, 0.5) is 0 Å². The molecule has 3 nitrogen and oxygen atoms in total. The Hall–Kier alpha value is -0.120. The van der Waals surface area contributed by atoms with Crippen molar-refractivity contribution in [1.82, 2.24) is 4.90 Å². The van der Waals surface area contributed by atoms with Gasteiger partial charge >= 0.3 is 0 Å². The molecule has 0 N–H and O–H groups in total. The fraction of sp³-hybridized carbons (Fsp3) is 1.00. The molecule has 2 heterocycles. The van der Waals surface area contributed by atoms with E-state index in [1.165, 1.54) is 6.42 Å². The van der Waals surface area contributed by atoms with Gasteiger partial charge in [0, 0.05) is 13.0 Å². The first-order valence-electron chi connectivity index (χ1n) is 3.40. The summed E-state index contributed by atoms with van der Waals surface area (Å²) in [5, 5.41) is 0. The van der Waals surface area contributed by atoms with E-state index in [1.54, 1.807) is 0 Å². The maximum Gasteiger partial charge on any atom is 0.113 e. The summed E-state index contributed by atoms with van der Waals surface area (Å²) < 4.78 is 10.6. The molecule has 0 saturated carbocycles. The Morgan fingerprint density at radius 1 is 1.33 bits per heavy atom. The van der Waals surface area contributed by atoms with Crippen molar-refractivity contribution in [3.8, 4) is 0 Å². The van der Waals surface area contributed by atoms with Crippen molar-refractivity contribution in [2.24, 2.45) is 0 Å². The third kappa shape index (κ3) is 0.956. The molecule has 1 unspecified atom stereocenters. The van der Waals surface area contributed by atoms with E-state index in [4.69, 9.17) is 9.47 Å². The van der Waals surface area contributed by atoms with Gasteiger partial charge in [-0.25, -0.2) is 0 Å². The lowest BCUT2D eigenvalue weighted by Crippen LogP contribution is -2.48. The average Bonchev–Trinajstić information content (AvgIpc) is 1.94. The van der Waals surface area contributed by atoms with E-state index in [0.29, 0.717) is 6.23 Å². The Labute approximate surface area is 54.5 Å². The van der Waals surface area contributed by atoms with Crippen molar-refractivity contribution in [3.63, 3.8) is 0 Å². The van der Waals surface area contributed by atoms with Crippen molar-refractivity contribution in [3.05, 3.63) is 0 Å². The van der Waals surface area contributed by atoms with Crippen LogP contribution in [0.5, 0.6) is 0 Å². The number of ether oxygens (including phenoxy) is 2. The molecule has 2 aliphatic heterocycles. The van der Waals surface area contributed by atoms with Crippen molar-refractivity contribution in [1.29, 1.82) is 0 Å². The summed E-state index contributed by atoms with van der Waals surface area (Å²) in [7, 11) is 0. The summed E-state index contributed by atoms with van der Waals surface area (Å²) in [5.74, 6) is 0. The van der Waals surface area contributed by atoms with E-state index < -0.39 is 0 Å². The van der Waals surface area contributed by atoms with Crippen molar-refractivity contribution in [2.75, 3.05) is 26.5 Å². The van der Waals surface area contributed by atoms with E-state index in [9.17, 15) is 0 Å². The van der Waals surface area contributed by atoms with Gasteiger partial charge in [0.05, 0.1) is 13.2 Å². The van der Waals surface area contributed by atoms with Gasteiger partial charge in [-0.15, -0.1) is 0 Å². The molecule has 0 spiro atoms. The highest BCUT2D eigenvalue weighted by atomic mass is 16.6. The van der Waals surface area contributed by atoms with Crippen LogP contribution in [0.1, 0.15) is 6.42 Å². The van der Waals surface area contributed by atoms with Gasteiger partial charge in [-0.3, -0.25) is 4.90 Å². The van der Waals surface area contributed by atoms with Gasteiger partial charge in [0.1, 0.15) is 13.0 Å². The quantitative estimate of drug-likeness (QED) is 0.460. The second kappa shape index (κ2) is 2.25. The van der Waals surface area contributed by atoms with Crippen LogP contribution in [-0.4, -0.2) is 37.6 Å². The van der Waals surface area contributed by atoms with E-state index in [-0.39, 0.29) is 0 Å². The number of fused-ring (bicyclic) bond motifs is 1. The first kappa shape index (κ1) is 5.65. The van der Waals surface area contributed by atoms with Gasteiger partial charge in [-0.1, -0.05) is 0 Å². The number of rotatable bonds is 0. The zero-order chi connectivity index (χ0) is 6.10. The topological polar surface area (TPSA) is 21.7 Å². The average molecular weight is 129 g/mol. The van der Waals surface area contributed by atoms with Crippen LogP contribution in [-0.2, 0) is 9.47 Å². The molecule has 2 aliphatic rings. The molecule has 0 amide bonds. The molecule has 9 heavy (non-hydrogen) atoms. The molecular weight excluding hydrogens is 118 g/mol. The first-order chi connectivity index (χ1) is 4.47. The maximum atomic E-state index is 5.40. The molecule has 2 fully saturated rings. The van der Waals surface area contributed by atoms with Crippen LogP contribution < -0.4 is 0 Å². The van der Waals surface area contributed by atoms with Gasteiger partial charge < -0.3 is 9.47 Å². The minimum absolute atomic E-state index is 0.382.